The number of para-hydroxylation sites is 1. The number of aromatic nitrogens is 1. The van der Waals surface area contributed by atoms with Gasteiger partial charge in [-0.2, -0.15) is 0 Å². The molecule has 0 bridgehead atoms. The molecule has 0 radical (unpaired) electrons. The minimum atomic E-state index is -0.364. The lowest BCUT2D eigenvalue weighted by Gasteiger charge is -2.43. The van der Waals surface area contributed by atoms with E-state index >= 15 is 0 Å². The van der Waals surface area contributed by atoms with Crippen LogP contribution >= 0.6 is 0 Å². The standard InChI is InChI=1S/C19H21N3O2/c23-12-11-21-16-7-3-4-9-19(16)17-14(8-10-22(19)18(21)24)13-5-1-2-6-15(13)20-17/h1-2,5-7,20,23H,3-4,8-12H2/t19-/m0/s1. The molecule has 2 N–H and O–H groups in total. The van der Waals surface area contributed by atoms with Crippen molar-refractivity contribution in [2.75, 3.05) is 19.7 Å². The van der Waals surface area contributed by atoms with Gasteiger partial charge in [-0.05, 0) is 37.3 Å². The van der Waals surface area contributed by atoms with Crippen LogP contribution in [-0.4, -0.2) is 45.6 Å². The van der Waals surface area contributed by atoms with Gasteiger partial charge >= 0.3 is 6.03 Å². The van der Waals surface area contributed by atoms with E-state index in [1.54, 1.807) is 4.90 Å². The van der Waals surface area contributed by atoms with Crippen molar-refractivity contribution < 1.29 is 9.90 Å². The first kappa shape index (κ1) is 14.1. The minimum Gasteiger partial charge on any atom is -0.395 e. The smallest absolute Gasteiger partial charge is 0.325 e. The third-order valence-corrected chi connectivity index (χ3v) is 5.85. The van der Waals surface area contributed by atoms with Gasteiger partial charge in [-0.25, -0.2) is 4.79 Å². The molecule has 1 aromatic carbocycles. The van der Waals surface area contributed by atoms with E-state index in [4.69, 9.17) is 0 Å². The van der Waals surface area contributed by atoms with Gasteiger partial charge in [0.15, 0.2) is 0 Å². The number of H-pyrrole nitrogens is 1. The second-order valence-electron chi connectivity index (χ2n) is 6.93. The van der Waals surface area contributed by atoms with Gasteiger partial charge in [-0.1, -0.05) is 24.3 Å². The van der Waals surface area contributed by atoms with Crippen LogP contribution in [0.2, 0.25) is 0 Å². The van der Waals surface area contributed by atoms with E-state index in [-0.39, 0.29) is 18.2 Å². The number of aliphatic hydroxyl groups excluding tert-OH is 1. The maximum absolute atomic E-state index is 13.0. The number of hydrogen-bond acceptors (Lipinski definition) is 2. The van der Waals surface area contributed by atoms with Crippen molar-refractivity contribution in [2.45, 2.75) is 31.2 Å². The molecule has 0 unspecified atom stereocenters. The number of nitrogens with zero attached hydrogens (tertiary/aromatic N) is 2. The van der Waals surface area contributed by atoms with Crippen LogP contribution in [0.15, 0.2) is 36.0 Å². The molecule has 3 heterocycles. The van der Waals surface area contributed by atoms with E-state index < -0.39 is 0 Å². The molecule has 1 saturated heterocycles. The Morgan fingerprint density at radius 3 is 3.04 bits per heavy atom. The Hall–Kier alpha value is -2.27. The van der Waals surface area contributed by atoms with Gasteiger partial charge < -0.3 is 15.0 Å². The molecular formula is C19H21N3O2. The van der Waals surface area contributed by atoms with Gasteiger partial charge in [-0.3, -0.25) is 4.90 Å². The molecule has 124 valence electrons. The fourth-order valence-electron chi connectivity index (χ4n) is 4.94. The van der Waals surface area contributed by atoms with E-state index in [0.717, 1.165) is 43.4 Å². The Kier molecular flexibility index (Phi) is 2.86. The zero-order chi connectivity index (χ0) is 16.3. The maximum atomic E-state index is 13.0. The summed E-state index contributed by atoms with van der Waals surface area (Å²) in [5, 5.41) is 10.7. The summed E-state index contributed by atoms with van der Waals surface area (Å²) in [6.45, 7) is 1.11. The van der Waals surface area contributed by atoms with Crippen LogP contribution in [0.25, 0.3) is 10.9 Å². The summed E-state index contributed by atoms with van der Waals surface area (Å²) in [5.74, 6) is 0. The van der Waals surface area contributed by atoms with Gasteiger partial charge in [0.05, 0.1) is 24.5 Å². The van der Waals surface area contributed by atoms with Gasteiger partial charge in [0.25, 0.3) is 0 Å². The summed E-state index contributed by atoms with van der Waals surface area (Å²) in [4.78, 5) is 20.5. The molecule has 2 aromatic rings. The van der Waals surface area contributed by atoms with E-state index in [0.29, 0.717) is 6.54 Å². The average Bonchev–Trinajstić information content (AvgIpc) is 3.10. The number of benzene rings is 1. The summed E-state index contributed by atoms with van der Waals surface area (Å²) in [7, 11) is 0. The number of β-amino-alcohol motifs (C(OH)–C–C–N with tert-alkyl or cyclic N) is 1. The number of amides is 2. The second kappa shape index (κ2) is 4.86. The van der Waals surface area contributed by atoms with Gasteiger partial charge in [-0.15, -0.1) is 0 Å². The third-order valence-electron chi connectivity index (χ3n) is 5.85. The summed E-state index contributed by atoms with van der Waals surface area (Å²) in [6.07, 6.45) is 6.11. The van der Waals surface area contributed by atoms with E-state index in [2.05, 4.69) is 35.3 Å². The molecule has 1 spiro atoms. The number of carbonyl (C=O) groups excluding carboxylic acids is 1. The summed E-state index contributed by atoms with van der Waals surface area (Å²) >= 11 is 0. The Morgan fingerprint density at radius 1 is 1.29 bits per heavy atom. The quantitative estimate of drug-likeness (QED) is 0.893. The third kappa shape index (κ3) is 1.55. The Bertz CT molecular complexity index is 869. The molecular weight excluding hydrogens is 302 g/mol. The highest BCUT2D eigenvalue weighted by Crippen LogP contribution is 2.53. The predicted molar refractivity (Wildman–Crippen MR) is 91.5 cm³/mol. The van der Waals surface area contributed by atoms with Crippen LogP contribution in [0.3, 0.4) is 0 Å². The van der Waals surface area contributed by atoms with Crippen molar-refractivity contribution in [1.82, 2.24) is 14.8 Å². The van der Waals surface area contributed by atoms with Crippen LogP contribution in [0.4, 0.5) is 4.79 Å². The molecule has 24 heavy (non-hydrogen) atoms. The zero-order valence-corrected chi connectivity index (χ0v) is 13.6. The number of aliphatic hydroxyl groups is 1. The Morgan fingerprint density at radius 2 is 2.17 bits per heavy atom. The van der Waals surface area contributed by atoms with E-state index in [1.165, 1.54) is 16.6 Å². The van der Waals surface area contributed by atoms with E-state index in [9.17, 15) is 9.90 Å². The van der Waals surface area contributed by atoms with Crippen molar-refractivity contribution in [3.05, 3.63) is 47.3 Å². The summed E-state index contributed by atoms with van der Waals surface area (Å²) in [5.41, 5.74) is 4.40. The maximum Gasteiger partial charge on any atom is 0.325 e. The fraction of sp³-hybridized carbons (Fsp3) is 0.421. The van der Waals surface area contributed by atoms with Crippen molar-refractivity contribution in [3.8, 4) is 0 Å². The molecule has 5 heteroatoms. The normalized spacial score (nSPS) is 25.5. The van der Waals surface area contributed by atoms with Gasteiger partial charge in [0, 0.05) is 17.4 Å². The lowest BCUT2D eigenvalue weighted by Crippen LogP contribution is -2.49. The van der Waals surface area contributed by atoms with Crippen molar-refractivity contribution in [1.29, 1.82) is 0 Å². The first-order valence-corrected chi connectivity index (χ1v) is 8.78. The molecule has 0 saturated carbocycles. The van der Waals surface area contributed by atoms with Crippen LogP contribution in [-0.2, 0) is 12.0 Å². The summed E-state index contributed by atoms with van der Waals surface area (Å²) in [6, 6.07) is 8.46. The average molecular weight is 323 g/mol. The first-order valence-electron chi connectivity index (χ1n) is 8.78. The van der Waals surface area contributed by atoms with Crippen LogP contribution in [0.1, 0.15) is 30.5 Å². The lowest BCUT2D eigenvalue weighted by molar-refractivity contribution is 0.139. The minimum absolute atomic E-state index is 0.00738. The largest absolute Gasteiger partial charge is 0.395 e. The van der Waals surface area contributed by atoms with Gasteiger partial charge in [0.2, 0.25) is 0 Å². The number of carbonyl (C=O) groups is 1. The second-order valence-corrected chi connectivity index (χ2v) is 6.93. The highest BCUT2D eigenvalue weighted by atomic mass is 16.3. The number of urea groups is 1. The molecule has 2 amide bonds. The number of nitrogens with one attached hydrogen (secondary N) is 1. The lowest BCUT2D eigenvalue weighted by atomic mass is 9.76. The molecule has 5 rings (SSSR count). The van der Waals surface area contributed by atoms with Gasteiger partial charge in [0.1, 0.15) is 5.54 Å². The molecule has 1 aliphatic carbocycles. The SMILES string of the molecule is O=C1N(CCO)C2=CCCC[C@@]23c2[nH]c4ccccc4c2CCN13. The molecule has 2 aliphatic heterocycles. The van der Waals surface area contributed by atoms with Crippen LogP contribution < -0.4 is 0 Å². The fourth-order valence-corrected chi connectivity index (χ4v) is 4.94. The number of aromatic amines is 1. The van der Waals surface area contributed by atoms with Crippen molar-refractivity contribution in [3.63, 3.8) is 0 Å². The topological polar surface area (TPSA) is 59.6 Å². The molecule has 1 atom stereocenters. The number of rotatable bonds is 2. The molecule has 1 aromatic heterocycles. The number of fused-ring (bicyclic) bond motifs is 3. The van der Waals surface area contributed by atoms with Crippen LogP contribution in [0, 0.1) is 0 Å². The highest BCUT2D eigenvalue weighted by molar-refractivity contribution is 5.89. The Labute approximate surface area is 140 Å². The number of allylic oxidation sites excluding steroid dienone is 1. The van der Waals surface area contributed by atoms with Crippen molar-refractivity contribution in [2.24, 2.45) is 0 Å². The van der Waals surface area contributed by atoms with E-state index in [1.807, 2.05) is 4.90 Å². The number of hydrogen-bond donors (Lipinski definition) is 2. The highest BCUT2D eigenvalue weighted by Gasteiger charge is 2.58. The zero-order valence-electron chi connectivity index (χ0n) is 13.6. The predicted octanol–water partition coefficient (Wildman–Crippen LogP) is 2.72. The molecule has 1 fully saturated rings. The van der Waals surface area contributed by atoms with Crippen molar-refractivity contribution >= 4 is 16.9 Å². The monoisotopic (exact) mass is 323 g/mol. The molecule has 3 aliphatic rings. The molecule has 5 nitrogen and oxygen atoms in total. The summed E-state index contributed by atoms with van der Waals surface area (Å²) < 4.78 is 0. The van der Waals surface area contributed by atoms with Crippen LogP contribution in [0.5, 0.6) is 0 Å². The first-order chi connectivity index (χ1) is 11.8. The Balaban J connectivity index is 1.78.